The van der Waals surface area contributed by atoms with Gasteiger partial charge in [0, 0.05) is 10.0 Å². The number of fused-ring (bicyclic) bond motifs is 3. The van der Waals surface area contributed by atoms with Crippen LogP contribution in [-0.2, 0) is 10.8 Å². The Morgan fingerprint density at radius 2 is 1.29 bits per heavy atom. The van der Waals surface area contributed by atoms with Crippen LogP contribution in [0.15, 0.2) is 91.0 Å². The fourth-order valence-electron chi connectivity index (χ4n) is 6.27. The Morgan fingerprint density at radius 3 is 1.80 bits per heavy atom. The van der Waals surface area contributed by atoms with E-state index in [1.54, 1.807) is 0 Å². The van der Waals surface area contributed by atoms with Crippen molar-refractivity contribution in [2.75, 3.05) is 0 Å². The number of benzene rings is 4. The molecule has 0 aliphatic heterocycles. The Balaban J connectivity index is 1.82. The van der Waals surface area contributed by atoms with Crippen molar-refractivity contribution in [1.29, 1.82) is 0 Å². The number of allylic oxidation sites excluding steroid dienone is 4. The molecular formula is C39H36Cl2. The maximum Gasteiger partial charge on any atom is 0.0406 e. The van der Waals surface area contributed by atoms with E-state index >= 15 is 0 Å². The first-order valence-corrected chi connectivity index (χ1v) is 15.1. The van der Waals surface area contributed by atoms with Crippen molar-refractivity contribution >= 4 is 40.4 Å². The van der Waals surface area contributed by atoms with Crippen molar-refractivity contribution in [3.05, 3.63) is 145 Å². The van der Waals surface area contributed by atoms with Gasteiger partial charge in [0.1, 0.15) is 0 Å². The zero-order valence-electron chi connectivity index (χ0n) is 24.7. The summed E-state index contributed by atoms with van der Waals surface area (Å²) in [5.41, 5.74) is 12.8. The van der Waals surface area contributed by atoms with Crippen LogP contribution in [0.2, 0.25) is 10.0 Å². The molecule has 6 rings (SSSR count). The minimum Gasteiger partial charge on any atom is -0.0843 e. The Kier molecular flexibility index (Phi) is 6.92. The molecule has 206 valence electrons. The maximum atomic E-state index is 6.38. The van der Waals surface area contributed by atoms with E-state index in [9.17, 15) is 0 Å². The van der Waals surface area contributed by atoms with Crippen LogP contribution in [0.4, 0.5) is 0 Å². The van der Waals surface area contributed by atoms with Gasteiger partial charge in [-0.3, -0.25) is 0 Å². The van der Waals surface area contributed by atoms with Crippen LogP contribution in [0.25, 0.3) is 28.3 Å². The average Bonchev–Trinajstić information content (AvgIpc) is 3.57. The van der Waals surface area contributed by atoms with E-state index in [1.165, 1.54) is 55.0 Å². The average molecular weight is 576 g/mol. The van der Waals surface area contributed by atoms with E-state index in [4.69, 9.17) is 23.2 Å². The molecule has 4 aromatic rings. The molecule has 0 aromatic heterocycles. The van der Waals surface area contributed by atoms with Crippen LogP contribution in [0.5, 0.6) is 0 Å². The van der Waals surface area contributed by atoms with Gasteiger partial charge in [0.05, 0.1) is 0 Å². The van der Waals surface area contributed by atoms with Crippen molar-refractivity contribution < 1.29 is 0 Å². The summed E-state index contributed by atoms with van der Waals surface area (Å²) in [6, 6.07) is 25.9. The summed E-state index contributed by atoms with van der Waals surface area (Å²) < 4.78 is 0. The zero-order chi connectivity index (χ0) is 29.1. The Hall–Kier alpha value is -3.32. The third kappa shape index (κ3) is 5.14. The smallest absolute Gasteiger partial charge is 0.0406 e. The fourth-order valence-corrected chi connectivity index (χ4v) is 6.53. The fraction of sp³-hybridized carbons (Fsp3) is 0.231. The SMILES string of the molecule is CC(C)(C)c1ccc2c(c1)C=c1c-2cc(=C(c2ccc(Cl)cc2)c2ccc(Cl)cc2)c(C(C)(C)C)c1C1=CC=CC1. The third-order valence-corrected chi connectivity index (χ3v) is 8.76. The van der Waals surface area contributed by atoms with Crippen LogP contribution in [0.3, 0.4) is 0 Å². The maximum absolute atomic E-state index is 6.38. The first kappa shape index (κ1) is 27.8. The predicted molar refractivity (Wildman–Crippen MR) is 178 cm³/mol. The highest BCUT2D eigenvalue weighted by atomic mass is 35.5. The van der Waals surface area contributed by atoms with E-state index in [1.807, 2.05) is 24.3 Å². The molecule has 0 radical (unpaired) electrons. The minimum atomic E-state index is -0.119. The van der Waals surface area contributed by atoms with Gasteiger partial charge < -0.3 is 0 Å². The van der Waals surface area contributed by atoms with Crippen LogP contribution in [0, 0.1) is 0 Å². The molecule has 4 aromatic carbocycles. The van der Waals surface area contributed by atoms with Crippen molar-refractivity contribution in [1.82, 2.24) is 0 Å². The molecular weight excluding hydrogens is 539 g/mol. The van der Waals surface area contributed by atoms with E-state index < -0.39 is 0 Å². The van der Waals surface area contributed by atoms with Gasteiger partial charge >= 0.3 is 0 Å². The normalized spacial score (nSPS) is 14.0. The summed E-state index contributed by atoms with van der Waals surface area (Å²) in [6.45, 7) is 13.9. The molecule has 0 atom stereocenters. The lowest BCUT2D eigenvalue weighted by Gasteiger charge is -2.27. The number of rotatable bonds is 3. The van der Waals surface area contributed by atoms with E-state index in [0.29, 0.717) is 0 Å². The number of halogens is 2. The summed E-state index contributed by atoms with van der Waals surface area (Å²) in [5, 5.41) is 4.05. The van der Waals surface area contributed by atoms with Gasteiger partial charge in [0.15, 0.2) is 0 Å². The lowest BCUT2D eigenvalue weighted by Crippen LogP contribution is -2.32. The number of hydrogen-bond acceptors (Lipinski definition) is 0. The molecule has 0 fully saturated rings. The largest absolute Gasteiger partial charge is 0.0843 e. The summed E-state index contributed by atoms with van der Waals surface area (Å²) in [7, 11) is 0. The van der Waals surface area contributed by atoms with Crippen molar-refractivity contribution in [3.63, 3.8) is 0 Å². The van der Waals surface area contributed by atoms with Crippen LogP contribution in [0.1, 0.15) is 81.3 Å². The third-order valence-electron chi connectivity index (χ3n) is 8.25. The summed E-state index contributed by atoms with van der Waals surface area (Å²) in [6.07, 6.45) is 10.1. The zero-order valence-corrected chi connectivity index (χ0v) is 26.2. The van der Waals surface area contributed by atoms with E-state index in [0.717, 1.165) is 27.6 Å². The minimum absolute atomic E-state index is 0.0875. The Morgan fingerprint density at radius 1 is 0.683 bits per heavy atom. The van der Waals surface area contributed by atoms with E-state index in [-0.39, 0.29) is 10.8 Å². The van der Waals surface area contributed by atoms with Gasteiger partial charge in [-0.2, -0.15) is 0 Å². The van der Waals surface area contributed by atoms with Gasteiger partial charge in [-0.1, -0.05) is 125 Å². The standard InChI is InChI=1S/C39H36Cl2/c1-38(2,3)28-15-20-31-27(21-28)22-33-32(31)23-34(37(39(4,5)6)36(33)24-9-7-8-10-24)35(25-11-16-29(40)17-12-25)26-13-18-30(41)19-14-26/h7-9,11-23H,10H2,1-6H3. The van der Waals surface area contributed by atoms with Gasteiger partial charge in [0.25, 0.3) is 0 Å². The van der Waals surface area contributed by atoms with Crippen LogP contribution < -0.4 is 10.4 Å². The Bertz CT molecular complexity index is 1800. The van der Waals surface area contributed by atoms with Gasteiger partial charge in [-0.25, -0.2) is 0 Å². The highest BCUT2D eigenvalue weighted by Gasteiger charge is 2.29. The van der Waals surface area contributed by atoms with Gasteiger partial charge in [-0.15, -0.1) is 0 Å². The molecule has 2 heteroatoms. The predicted octanol–water partition coefficient (Wildman–Crippen LogP) is 9.99. The number of hydrogen-bond donors (Lipinski definition) is 0. The second-order valence-electron chi connectivity index (χ2n) is 13.3. The molecule has 0 heterocycles. The quantitative estimate of drug-likeness (QED) is 0.201. The van der Waals surface area contributed by atoms with Gasteiger partial charge in [-0.05, 0) is 120 Å². The summed E-state index contributed by atoms with van der Waals surface area (Å²) >= 11 is 12.8. The first-order chi connectivity index (χ1) is 19.4. The van der Waals surface area contributed by atoms with Crippen LogP contribution >= 0.6 is 23.2 Å². The lowest BCUT2D eigenvalue weighted by atomic mass is 9.76. The summed E-state index contributed by atoms with van der Waals surface area (Å²) in [4.78, 5) is 0. The van der Waals surface area contributed by atoms with Gasteiger partial charge in [0.2, 0.25) is 0 Å². The second kappa shape index (κ2) is 10.2. The molecule has 0 amide bonds. The van der Waals surface area contributed by atoms with Crippen molar-refractivity contribution in [2.45, 2.75) is 58.8 Å². The van der Waals surface area contributed by atoms with Crippen LogP contribution in [-0.4, -0.2) is 0 Å². The molecule has 0 saturated heterocycles. The molecule has 2 aliphatic rings. The van der Waals surface area contributed by atoms with Crippen molar-refractivity contribution in [3.8, 4) is 11.1 Å². The van der Waals surface area contributed by atoms with E-state index in [2.05, 4.69) is 114 Å². The highest BCUT2D eigenvalue weighted by molar-refractivity contribution is 6.31. The monoisotopic (exact) mass is 574 g/mol. The summed E-state index contributed by atoms with van der Waals surface area (Å²) in [5.74, 6) is 0. The molecule has 0 bridgehead atoms. The van der Waals surface area contributed by atoms with Crippen molar-refractivity contribution in [2.24, 2.45) is 0 Å². The first-order valence-electron chi connectivity index (χ1n) is 14.4. The molecule has 0 unspecified atom stereocenters. The molecule has 0 N–H and O–H groups in total. The highest BCUT2D eigenvalue weighted by Crippen LogP contribution is 2.37. The second-order valence-corrected chi connectivity index (χ2v) is 14.2. The Labute approximate surface area is 254 Å². The molecule has 0 nitrogen and oxygen atoms in total. The molecule has 2 aliphatic carbocycles. The molecule has 41 heavy (non-hydrogen) atoms. The lowest BCUT2D eigenvalue weighted by molar-refractivity contribution is 0.583. The molecule has 0 spiro atoms. The topological polar surface area (TPSA) is 0 Å². The molecule has 0 saturated carbocycles.